The lowest BCUT2D eigenvalue weighted by molar-refractivity contribution is -0.387. The summed E-state index contributed by atoms with van der Waals surface area (Å²) in [5, 5.41) is 10.4. The number of rotatable bonds is 4. The van der Waals surface area contributed by atoms with Gasteiger partial charge in [0.2, 0.25) is 5.82 Å². The molecule has 2 rings (SSSR count). The molecule has 0 radical (unpaired) electrons. The zero-order valence-electron chi connectivity index (χ0n) is 10.6. The minimum Gasteiger partial charge on any atom is -0.279 e. The van der Waals surface area contributed by atoms with Gasteiger partial charge < -0.3 is 0 Å². The maximum atomic E-state index is 13.2. The Morgan fingerprint density at radius 3 is 2.45 bits per heavy atom. The van der Waals surface area contributed by atoms with Gasteiger partial charge in [0.25, 0.3) is 10.0 Å². The van der Waals surface area contributed by atoms with E-state index in [-0.39, 0.29) is 10.7 Å². The standard InChI is InChI=1S/C12H7ClF2N2O4S/c13-9-3-1-7(14)5-12(9)22(20,21)16-8-2-4-10(15)11(6-8)17(18)19/h1-6,16H. The van der Waals surface area contributed by atoms with Crippen molar-refractivity contribution in [3.63, 3.8) is 0 Å². The van der Waals surface area contributed by atoms with E-state index in [4.69, 9.17) is 11.6 Å². The van der Waals surface area contributed by atoms with Crippen molar-refractivity contribution in [3.05, 3.63) is 63.2 Å². The van der Waals surface area contributed by atoms with Crippen molar-refractivity contribution in [1.29, 1.82) is 0 Å². The topological polar surface area (TPSA) is 89.3 Å². The molecule has 0 fully saturated rings. The fourth-order valence-corrected chi connectivity index (χ4v) is 3.17. The van der Waals surface area contributed by atoms with Gasteiger partial charge in [-0.2, -0.15) is 4.39 Å². The second-order valence-electron chi connectivity index (χ2n) is 4.10. The lowest BCUT2D eigenvalue weighted by Gasteiger charge is -2.09. The molecule has 0 aliphatic heterocycles. The minimum absolute atomic E-state index is 0.231. The molecule has 10 heteroatoms. The molecule has 0 spiro atoms. The first-order chi connectivity index (χ1) is 10.2. The Morgan fingerprint density at radius 1 is 1.14 bits per heavy atom. The van der Waals surface area contributed by atoms with Crippen LogP contribution in [0.5, 0.6) is 0 Å². The summed E-state index contributed by atoms with van der Waals surface area (Å²) in [6.45, 7) is 0. The molecule has 0 amide bonds. The summed E-state index contributed by atoms with van der Waals surface area (Å²) in [6.07, 6.45) is 0. The Labute approximate surface area is 128 Å². The number of nitrogens with zero attached hydrogens (tertiary/aromatic N) is 1. The SMILES string of the molecule is O=[N+]([O-])c1cc(NS(=O)(=O)c2cc(F)ccc2Cl)ccc1F. The molecular weight excluding hydrogens is 342 g/mol. The minimum atomic E-state index is -4.29. The van der Waals surface area contributed by atoms with Gasteiger partial charge in [-0.1, -0.05) is 11.6 Å². The summed E-state index contributed by atoms with van der Waals surface area (Å²) in [7, 11) is -4.29. The van der Waals surface area contributed by atoms with E-state index in [1.165, 1.54) is 0 Å². The van der Waals surface area contributed by atoms with E-state index in [1.807, 2.05) is 4.72 Å². The molecular formula is C12H7ClF2N2O4S. The van der Waals surface area contributed by atoms with E-state index in [0.717, 1.165) is 24.3 Å². The number of anilines is 1. The van der Waals surface area contributed by atoms with Gasteiger partial charge >= 0.3 is 5.69 Å². The van der Waals surface area contributed by atoms with Crippen LogP contribution < -0.4 is 4.72 Å². The highest BCUT2D eigenvalue weighted by atomic mass is 35.5. The van der Waals surface area contributed by atoms with Crippen LogP contribution in [0, 0.1) is 21.7 Å². The first-order valence-corrected chi connectivity index (χ1v) is 7.48. The predicted octanol–water partition coefficient (Wildman–Crippen LogP) is 3.33. The highest BCUT2D eigenvalue weighted by Crippen LogP contribution is 2.27. The number of hydrogen-bond donors (Lipinski definition) is 1. The highest BCUT2D eigenvalue weighted by Gasteiger charge is 2.21. The lowest BCUT2D eigenvalue weighted by atomic mass is 10.3. The molecule has 1 N–H and O–H groups in total. The zero-order valence-corrected chi connectivity index (χ0v) is 12.2. The van der Waals surface area contributed by atoms with Crippen LogP contribution in [0.4, 0.5) is 20.2 Å². The zero-order chi connectivity index (χ0) is 16.5. The predicted molar refractivity (Wildman–Crippen MR) is 75.3 cm³/mol. The maximum absolute atomic E-state index is 13.2. The van der Waals surface area contributed by atoms with Gasteiger partial charge in [-0.15, -0.1) is 0 Å². The molecule has 22 heavy (non-hydrogen) atoms. The summed E-state index contributed by atoms with van der Waals surface area (Å²) in [5.41, 5.74) is -1.15. The number of sulfonamides is 1. The van der Waals surface area contributed by atoms with Crippen molar-refractivity contribution in [2.45, 2.75) is 4.90 Å². The first-order valence-electron chi connectivity index (χ1n) is 5.62. The normalized spacial score (nSPS) is 11.2. The van der Waals surface area contributed by atoms with Crippen molar-refractivity contribution in [3.8, 4) is 0 Å². The van der Waals surface area contributed by atoms with Gasteiger partial charge in [0.05, 0.1) is 15.6 Å². The van der Waals surface area contributed by atoms with Gasteiger partial charge in [-0.25, -0.2) is 12.8 Å². The van der Waals surface area contributed by atoms with Crippen LogP contribution in [0.25, 0.3) is 0 Å². The molecule has 0 aliphatic rings. The Balaban J connectivity index is 2.43. The van der Waals surface area contributed by atoms with Crippen LogP contribution in [0.15, 0.2) is 41.3 Å². The lowest BCUT2D eigenvalue weighted by Crippen LogP contribution is -2.14. The summed E-state index contributed by atoms with van der Waals surface area (Å²) in [6, 6.07) is 5.17. The van der Waals surface area contributed by atoms with Crippen LogP contribution in [0.3, 0.4) is 0 Å². The van der Waals surface area contributed by atoms with E-state index in [1.54, 1.807) is 0 Å². The van der Waals surface area contributed by atoms with E-state index < -0.39 is 37.2 Å². The number of nitrogens with one attached hydrogen (secondary N) is 1. The van der Waals surface area contributed by atoms with E-state index in [0.29, 0.717) is 12.1 Å². The van der Waals surface area contributed by atoms with Crippen LogP contribution in [0.2, 0.25) is 5.02 Å². The molecule has 0 aromatic heterocycles. The molecule has 0 bridgehead atoms. The van der Waals surface area contributed by atoms with Crippen LogP contribution in [-0.4, -0.2) is 13.3 Å². The average Bonchev–Trinajstić information content (AvgIpc) is 2.43. The molecule has 0 saturated heterocycles. The van der Waals surface area contributed by atoms with Crippen LogP contribution >= 0.6 is 11.6 Å². The van der Waals surface area contributed by atoms with E-state index in [9.17, 15) is 27.3 Å². The van der Waals surface area contributed by atoms with Gasteiger partial charge in [-0.05, 0) is 30.3 Å². The smallest absolute Gasteiger partial charge is 0.279 e. The van der Waals surface area contributed by atoms with Crippen molar-refractivity contribution in [1.82, 2.24) is 0 Å². The summed E-state index contributed by atoms with van der Waals surface area (Å²) >= 11 is 5.70. The fraction of sp³-hybridized carbons (Fsp3) is 0. The maximum Gasteiger partial charge on any atom is 0.306 e. The molecule has 6 nitrogen and oxygen atoms in total. The van der Waals surface area contributed by atoms with Crippen molar-refractivity contribution in [2.24, 2.45) is 0 Å². The van der Waals surface area contributed by atoms with Crippen molar-refractivity contribution < 1.29 is 22.1 Å². The van der Waals surface area contributed by atoms with Crippen molar-refractivity contribution in [2.75, 3.05) is 4.72 Å². The summed E-state index contributed by atoms with van der Waals surface area (Å²) < 4.78 is 52.6. The third-order valence-corrected chi connectivity index (χ3v) is 4.44. The van der Waals surface area contributed by atoms with Crippen molar-refractivity contribution >= 4 is 33.0 Å². The van der Waals surface area contributed by atoms with Gasteiger partial charge in [0.1, 0.15) is 10.7 Å². The molecule has 0 saturated carbocycles. The molecule has 2 aromatic carbocycles. The quantitative estimate of drug-likeness (QED) is 0.678. The Kier molecular flexibility index (Phi) is 4.29. The third kappa shape index (κ3) is 3.31. The Morgan fingerprint density at radius 2 is 1.82 bits per heavy atom. The number of nitro benzene ring substituents is 1. The largest absolute Gasteiger partial charge is 0.306 e. The Bertz CT molecular complexity index is 858. The number of hydrogen-bond acceptors (Lipinski definition) is 4. The first kappa shape index (κ1) is 16.1. The van der Waals surface area contributed by atoms with Gasteiger partial charge in [0, 0.05) is 6.07 Å². The van der Waals surface area contributed by atoms with Crippen LogP contribution in [0.1, 0.15) is 0 Å². The summed E-state index contributed by atoms with van der Waals surface area (Å²) in [4.78, 5) is 9.09. The number of benzene rings is 2. The van der Waals surface area contributed by atoms with Gasteiger partial charge in [-0.3, -0.25) is 14.8 Å². The number of halogens is 3. The molecule has 0 aliphatic carbocycles. The molecule has 2 aromatic rings. The second kappa shape index (κ2) is 5.85. The Hall–Kier alpha value is -2.26. The second-order valence-corrected chi connectivity index (χ2v) is 6.16. The van der Waals surface area contributed by atoms with Gasteiger partial charge in [0.15, 0.2) is 0 Å². The fourth-order valence-electron chi connectivity index (χ4n) is 1.61. The summed E-state index contributed by atoms with van der Waals surface area (Å²) in [5.74, 6) is -1.94. The van der Waals surface area contributed by atoms with E-state index >= 15 is 0 Å². The molecule has 0 heterocycles. The van der Waals surface area contributed by atoms with E-state index in [2.05, 4.69) is 0 Å². The van der Waals surface area contributed by atoms with Crippen LogP contribution in [-0.2, 0) is 10.0 Å². The average molecular weight is 349 g/mol. The highest BCUT2D eigenvalue weighted by molar-refractivity contribution is 7.92. The third-order valence-electron chi connectivity index (χ3n) is 2.58. The molecule has 0 atom stereocenters. The molecule has 0 unspecified atom stereocenters. The molecule has 116 valence electrons. The number of nitro groups is 1. The monoisotopic (exact) mass is 348 g/mol.